The van der Waals surface area contributed by atoms with E-state index in [9.17, 15) is 19.2 Å². The zero-order valence-corrected chi connectivity index (χ0v) is 35.7. The molecule has 7 rings (SSSR count). The molecule has 6 atom stereocenters. The Kier molecular flexibility index (Phi) is 12.4. The van der Waals surface area contributed by atoms with E-state index in [4.69, 9.17) is 24.4 Å². The summed E-state index contributed by atoms with van der Waals surface area (Å²) in [6, 6.07) is 17.0. The predicted octanol–water partition coefficient (Wildman–Crippen LogP) is 7.39. The van der Waals surface area contributed by atoms with E-state index in [1.54, 1.807) is 6.20 Å². The van der Waals surface area contributed by atoms with Gasteiger partial charge in [-0.3, -0.25) is 14.6 Å². The van der Waals surface area contributed by atoms with Crippen molar-refractivity contribution in [2.24, 2.45) is 28.7 Å². The zero-order chi connectivity index (χ0) is 42.8. The number of carbonyl (C=O) groups is 4. The number of aliphatic imine (C=N–C) groups is 1. The maximum absolute atomic E-state index is 13.7. The summed E-state index contributed by atoms with van der Waals surface area (Å²) in [5, 5.41) is 6.44. The highest BCUT2D eigenvalue weighted by atomic mass is 16.5. The Morgan fingerprint density at radius 3 is 1.92 bits per heavy atom. The summed E-state index contributed by atoms with van der Waals surface area (Å²) in [7, 11) is 2.59. The van der Waals surface area contributed by atoms with Gasteiger partial charge in [0, 0.05) is 36.8 Å². The van der Waals surface area contributed by atoms with Gasteiger partial charge in [0.05, 0.1) is 49.4 Å². The number of aromatic nitrogens is 3. The van der Waals surface area contributed by atoms with Crippen LogP contribution in [-0.2, 0) is 19.1 Å². The van der Waals surface area contributed by atoms with Crippen LogP contribution in [0.15, 0.2) is 72.0 Å². The number of ether oxygens (including phenoxy) is 2. The first-order valence-electron chi connectivity index (χ1n) is 20.9. The molecule has 14 nitrogen and oxygen atoms in total. The summed E-state index contributed by atoms with van der Waals surface area (Å²) >= 11 is 0. The van der Waals surface area contributed by atoms with Crippen LogP contribution in [0.4, 0.5) is 9.59 Å². The zero-order valence-electron chi connectivity index (χ0n) is 35.7. The summed E-state index contributed by atoms with van der Waals surface area (Å²) in [4.78, 5) is 73.2. The van der Waals surface area contributed by atoms with Gasteiger partial charge in [-0.15, -0.1) is 0 Å². The lowest BCUT2D eigenvalue weighted by Crippen LogP contribution is -2.53. The van der Waals surface area contributed by atoms with Gasteiger partial charge in [-0.05, 0) is 77.0 Å². The standard InChI is InChI=1S/C46H56N8O6/c1-25(2)40(51-45(57)59-7)43(55)53-23-27(5)17-38(53)36-20-33(21-47-36)30-11-9-29(10-12-30)31-13-15-34-32(19-31)14-16-35(49-34)37-22-48-42(50-37)39-18-28(6)24-54(39)44(56)41(26(3)4)52-46(58)60-8/h9-16,19,21-22,25-28,38-41H,17-18,20,23-24H2,1-8H3,(H,48,50)(H,51,57)(H,52,58)/t27-,28-,38?,39-,40-,41-/m0/s1. The lowest BCUT2D eigenvalue weighted by molar-refractivity contribution is -0.136. The number of imidazole rings is 1. The number of H-pyrrole nitrogens is 1. The number of hydrogen-bond acceptors (Lipinski definition) is 9. The molecule has 2 fully saturated rings. The summed E-state index contributed by atoms with van der Waals surface area (Å²) in [5.41, 5.74) is 7.65. The number of aromatic amines is 1. The van der Waals surface area contributed by atoms with Gasteiger partial charge in [-0.1, -0.05) is 77.9 Å². The Labute approximate surface area is 351 Å². The molecule has 2 saturated heterocycles. The number of methoxy groups -OCH3 is 2. The number of amides is 4. The number of likely N-dealkylation sites (tertiary alicyclic amines) is 2. The van der Waals surface area contributed by atoms with Crippen LogP contribution < -0.4 is 10.6 Å². The number of benzene rings is 2. The third-order valence-corrected chi connectivity index (χ3v) is 12.0. The van der Waals surface area contributed by atoms with E-state index in [2.05, 4.69) is 71.9 Å². The third kappa shape index (κ3) is 8.78. The Bertz CT molecular complexity index is 2320. The molecular weight excluding hydrogens is 761 g/mol. The van der Waals surface area contributed by atoms with Crippen molar-refractivity contribution in [2.75, 3.05) is 27.3 Å². The normalized spacial score (nSPS) is 21.2. The number of allylic oxidation sites excluding steroid dienone is 1. The molecule has 4 aromatic rings. The van der Waals surface area contributed by atoms with Crippen molar-refractivity contribution in [1.29, 1.82) is 0 Å². The van der Waals surface area contributed by atoms with Crippen molar-refractivity contribution < 1.29 is 28.7 Å². The van der Waals surface area contributed by atoms with Crippen molar-refractivity contribution in [3.8, 4) is 22.5 Å². The van der Waals surface area contributed by atoms with Gasteiger partial charge in [0.1, 0.15) is 17.9 Å². The van der Waals surface area contributed by atoms with Crippen molar-refractivity contribution in [3.05, 3.63) is 78.4 Å². The summed E-state index contributed by atoms with van der Waals surface area (Å²) in [6.45, 7) is 13.1. The van der Waals surface area contributed by atoms with Gasteiger partial charge in [0.25, 0.3) is 0 Å². The van der Waals surface area contributed by atoms with Crippen LogP contribution in [0.5, 0.6) is 0 Å². The van der Waals surface area contributed by atoms with Crippen LogP contribution in [0.25, 0.3) is 39.0 Å². The Morgan fingerprint density at radius 1 is 0.750 bits per heavy atom. The third-order valence-electron chi connectivity index (χ3n) is 12.0. The molecule has 0 spiro atoms. The van der Waals surface area contributed by atoms with E-state index < -0.39 is 24.3 Å². The molecule has 0 radical (unpaired) electrons. The van der Waals surface area contributed by atoms with E-state index in [0.29, 0.717) is 31.3 Å². The van der Waals surface area contributed by atoms with Gasteiger partial charge < -0.3 is 34.9 Å². The average molecular weight is 817 g/mol. The molecule has 0 aliphatic carbocycles. The lowest BCUT2D eigenvalue weighted by atomic mass is 9.95. The van der Waals surface area contributed by atoms with E-state index in [-0.39, 0.29) is 41.7 Å². The van der Waals surface area contributed by atoms with Crippen LogP contribution in [0.3, 0.4) is 0 Å². The molecule has 2 aromatic carbocycles. The highest BCUT2D eigenvalue weighted by Gasteiger charge is 2.42. The number of hydrogen-bond donors (Lipinski definition) is 3. The maximum atomic E-state index is 13.7. The topological polar surface area (TPSA) is 171 Å². The first-order valence-corrected chi connectivity index (χ1v) is 20.9. The maximum Gasteiger partial charge on any atom is 0.407 e. The van der Waals surface area contributed by atoms with Crippen molar-refractivity contribution >= 4 is 46.2 Å². The number of alkyl carbamates (subject to hydrolysis) is 2. The van der Waals surface area contributed by atoms with E-state index >= 15 is 0 Å². The number of pyridine rings is 1. The molecule has 3 aliphatic heterocycles. The van der Waals surface area contributed by atoms with Crippen molar-refractivity contribution in [3.63, 3.8) is 0 Å². The minimum absolute atomic E-state index is 0.0968. The SMILES string of the molecule is COC(=O)N[C@H](C(=O)N1C[C@@H](C)CC1C1=NC=C(c2ccc(-c3ccc4nc(-c5cnc([C@@H]6C[C@H](C)CN6C(=O)[C@@H](NC(=O)OC)C(C)C)[nH]5)ccc4c3)cc2)C1)C(C)C. The monoisotopic (exact) mass is 816 g/mol. The van der Waals surface area contributed by atoms with Crippen LogP contribution in [0.2, 0.25) is 0 Å². The average Bonchev–Trinajstić information content (AvgIpc) is 4.07. The molecule has 60 heavy (non-hydrogen) atoms. The minimum Gasteiger partial charge on any atom is -0.453 e. The molecule has 1 unspecified atom stereocenters. The molecule has 0 bridgehead atoms. The van der Waals surface area contributed by atoms with Crippen molar-refractivity contribution in [1.82, 2.24) is 35.4 Å². The minimum atomic E-state index is -0.710. The highest BCUT2D eigenvalue weighted by Crippen LogP contribution is 2.37. The smallest absolute Gasteiger partial charge is 0.407 e. The number of nitrogens with one attached hydrogen (secondary N) is 3. The van der Waals surface area contributed by atoms with Gasteiger partial charge in [-0.25, -0.2) is 19.6 Å². The quantitative estimate of drug-likeness (QED) is 0.141. The summed E-state index contributed by atoms with van der Waals surface area (Å²) < 4.78 is 9.58. The molecule has 0 saturated carbocycles. The Balaban J connectivity index is 1.01. The lowest BCUT2D eigenvalue weighted by Gasteiger charge is -2.31. The van der Waals surface area contributed by atoms with E-state index in [1.165, 1.54) is 14.2 Å². The predicted molar refractivity (Wildman–Crippen MR) is 231 cm³/mol. The first kappa shape index (κ1) is 42.1. The largest absolute Gasteiger partial charge is 0.453 e. The second kappa shape index (κ2) is 17.7. The van der Waals surface area contributed by atoms with Gasteiger partial charge in [-0.2, -0.15) is 0 Å². The van der Waals surface area contributed by atoms with Crippen molar-refractivity contribution in [2.45, 2.75) is 85.0 Å². The number of rotatable bonds is 11. The molecule has 316 valence electrons. The van der Waals surface area contributed by atoms with Crippen LogP contribution in [-0.4, -0.2) is 99.9 Å². The van der Waals surface area contributed by atoms with Crippen LogP contribution >= 0.6 is 0 Å². The number of nitrogens with zero attached hydrogens (tertiary/aromatic N) is 5. The molecule has 3 aliphatic rings. The fourth-order valence-corrected chi connectivity index (χ4v) is 8.71. The van der Waals surface area contributed by atoms with Gasteiger partial charge >= 0.3 is 12.2 Å². The molecule has 4 amide bonds. The van der Waals surface area contributed by atoms with Gasteiger partial charge in [0.15, 0.2) is 0 Å². The molecule has 14 heteroatoms. The molecular formula is C46H56N8O6. The van der Waals surface area contributed by atoms with Gasteiger partial charge in [0.2, 0.25) is 11.8 Å². The molecule has 3 N–H and O–H groups in total. The van der Waals surface area contributed by atoms with Crippen LogP contribution in [0, 0.1) is 23.7 Å². The number of carbonyl (C=O) groups excluding carboxylic acids is 4. The first-order chi connectivity index (χ1) is 28.7. The molecule has 5 heterocycles. The fourth-order valence-electron chi connectivity index (χ4n) is 8.71. The van der Waals surface area contributed by atoms with E-state index in [0.717, 1.165) is 63.1 Å². The fraction of sp³-hybridized carbons (Fsp3) is 0.457. The van der Waals surface area contributed by atoms with Crippen LogP contribution in [0.1, 0.15) is 78.2 Å². The second-order valence-corrected chi connectivity index (χ2v) is 17.2. The summed E-state index contributed by atoms with van der Waals surface area (Å²) in [6.07, 6.45) is 4.67. The second-order valence-electron chi connectivity index (χ2n) is 17.2. The Morgan fingerprint density at radius 2 is 1.32 bits per heavy atom. The molecule has 2 aromatic heterocycles. The highest BCUT2D eigenvalue weighted by molar-refractivity contribution is 6.04. The van der Waals surface area contributed by atoms with E-state index in [1.807, 2.05) is 55.8 Å². The Hall–Kier alpha value is -6.05. The summed E-state index contributed by atoms with van der Waals surface area (Å²) in [5.74, 6) is 0.795. The number of fused-ring (bicyclic) bond motifs is 1.